The van der Waals surface area contributed by atoms with Crippen LogP contribution in [0, 0.1) is 11.3 Å². The van der Waals surface area contributed by atoms with E-state index in [0.717, 1.165) is 16.7 Å². The van der Waals surface area contributed by atoms with Crippen LogP contribution < -0.4 is 10.1 Å². The summed E-state index contributed by atoms with van der Waals surface area (Å²) in [4.78, 5) is 15.3. The fourth-order valence-electron chi connectivity index (χ4n) is 2.22. The van der Waals surface area contributed by atoms with Gasteiger partial charge in [0.25, 0.3) is 5.91 Å². The Bertz CT molecular complexity index is 890. The molecule has 1 aromatic heterocycles. The molecule has 3 aromatic rings. The summed E-state index contributed by atoms with van der Waals surface area (Å²) in [6.07, 6.45) is 0. The second-order valence-electron chi connectivity index (χ2n) is 4.78. The summed E-state index contributed by atoms with van der Waals surface area (Å²) >= 11 is 0. The van der Waals surface area contributed by atoms with Crippen molar-refractivity contribution in [1.29, 1.82) is 5.26 Å². The fourth-order valence-corrected chi connectivity index (χ4v) is 2.22. The second kappa shape index (κ2) is 5.62. The highest BCUT2D eigenvalue weighted by Crippen LogP contribution is 2.22. The van der Waals surface area contributed by atoms with E-state index in [9.17, 15) is 4.79 Å². The van der Waals surface area contributed by atoms with Gasteiger partial charge < -0.3 is 15.0 Å². The lowest BCUT2D eigenvalue weighted by molar-refractivity contribution is 0.102. The monoisotopic (exact) mass is 291 g/mol. The van der Waals surface area contributed by atoms with Gasteiger partial charge in [0, 0.05) is 22.7 Å². The number of hydrogen-bond acceptors (Lipinski definition) is 3. The molecule has 5 heteroatoms. The Hall–Kier alpha value is -3.26. The average molecular weight is 291 g/mol. The van der Waals surface area contributed by atoms with Crippen LogP contribution >= 0.6 is 0 Å². The molecule has 0 aliphatic rings. The number of hydrogen-bond donors (Lipinski definition) is 2. The van der Waals surface area contributed by atoms with Crippen LogP contribution in [0.2, 0.25) is 0 Å². The maximum absolute atomic E-state index is 12.3. The summed E-state index contributed by atoms with van der Waals surface area (Å²) in [6.45, 7) is 0. The van der Waals surface area contributed by atoms with E-state index in [-0.39, 0.29) is 5.91 Å². The normalized spacial score (nSPS) is 10.2. The van der Waals surface area contributed by atoms with Crippen LogP contribution in [-0.4, -0.2) is 18.0 Å². The van der Waals surface area contributed by atoms with Crippen LogP contribution in [0.3, 0.4) is 0 Å². The Balaban J connectivity index is 1.87. The molecule has 2 aromatic carbocycles. The molecule has 0 saturated heterocycles. The summed E-state index contributed by atoms with van der Waals surface area (Å²) in [6, 6.07) is 16.2. The molecule has 0 bridgehead atoms. The van der Waals surface area contributed by atoms with Gasteiger partial charge in [-0.05, 0) is 36.4 Å². The number of amides is 1. The minimum atomic E-state index is -0.259. The van der Waals surface area contributed by atoms with Crippen LogP contribution in [0.1, 0.15) is 16.1 Å². The summed E-state index contributed by atoms with van der Waals surface area (Å²) in [5.41, 5.74) is 2.36. The highest BCUT2D eigenvalue weighted by Gasteiger charge is 2.10. The Morgan fingerprint density at radius 1 is 1.23 bits per heavy atom. The Labute approximate surface area is 127 Å². The SMILES string of the molecule is COc1ccc2cc(C(=O)Nc3cccc(C#N)c3)[nH]c2c1. The number of carbonyl (C=O) groups excluding carboxylic acids is 1. The average Bonchev–Trinajstić information content (AvgIpc) is 2.98. The van der Waals surface area contributed by atoms with Crippen LogP contribution in [0.15, 0.2) is 48.5 Å². The zero-order valence-corrected chi connectivity index (χ0v) is 11.9. The van der Waals surface area contributed by atoms with Crippen molar-refractivity contribution in [3.05, 3.63) is 59.8 Å². The fraction of sp³-hybridized carbons (Fsp3) is 0.0588. The predicted molar refractivity (Wildman–Crippen MR) is 84.0 cm³/mol. The molecule has 22 heavy (non-hydrogen) atoms. The van der Waals surface area contributed by atoms with E-state index in [1.807, 2.05) is 24.3 Å². The molecule has 5 nitrogen and oxygen atoms in total. The van der Waals surface area contributed by atoms with Crippen molar-refractivity contribution in [3.63, 3.8) is 0 Å². The molecule has 1 amide bonds. The third kappa shape index (κ3) is 2.63. The number of aromatic nitrogens is 1. The van der Waals surface area contributed by atoms with Crippen molar-refractivity contribution in [1.82, 2.24) is 4.98 Å². The number of nitriles is 1. The number of carbonyl (C=O) groups is 1. The summed E-state index contributed by atoms with van der Waals surface area (Å²) in [5.74, 6) is 0.466. The van der Waals surface area contributed by atoms with Crippen LogP contribution in [0.25, 0.3) is 10.9 Å². The van der Waals surface area contributed by atoms with E-state index in [1.165, 1.54) is 0 Å². The second-order valence-corrected chi connectivity index (χ2v) is 4.78. The number of anilines is 1. The smallest absolute Gasteiger partial charge is 0.272 e. The summed E-state index contributed by atoms with van der Waals surface area (Å²) in [5, 5.41) is 12.6. The molecule has 0 unspecified atom stereocenters. The number of nitrogens with one attached hydrogen (secondary N) is 2. The number of ether oxygens (including phenoxy) is 1. The van der Waals surface area contributed by atoms with E-state index < -0.39 is 0 Å². The molecule has 0 aliphatic heterocycles. The maximum atomic E-state index is 12.3. The standard InChI is InChI=1S/C17H13N3O2/c1-22-14-6-5-12-8-16(20-15(12)9-14)17(21)19-13-4-2-3-11(7-13)10-18/h2-9,20H,1H3,(H,19,21). The van der Waals surface area contributed by atoms with Gasteiger partial charge in [0.15, 0.2) is 0 Å². The first-order valence-electron chi connectivity index (χ1n) is 6.68. The molecule has 1 heterocycles. The first-order chi connectivity index (χ1) is 10.7. The van der Waals surface area contributed by atoms with Crippen molar-refractivity contribution in [2.45, 2.75) is 0 Å². The first-order valence-corrected chi connectivity index (χ1v) is 6.68. The number of nitrogens with zero attached hydrogens (tertiary/aromatic N) is 1. The summed E-state index contributed by atoms with van der Waals surface area (Å²) < 4.78 is 5.16. The summed E-state index contributed by atoms with van der Waals surface area (Å²) in [7, 11) is 1.60. The van der Waals surface area contributed by atoms with Gasteiger partial charge in [-0.2, -0.15) is 5.26 Å². The lowest BCUT2D eigenvalue weighted by Crippen LogP contribution is -2.12. The molecule has 0 spiro atoms. The molecule has 0 atom stereocenters. The minimum Gasteiger partial charge on any atom is -0.497 e. The highest BCUT2D eigenvalue weighted by molar-refractivity contribution is 6.06. The molecular formula is C17H13N3O2. The van der Waals surface area contributed by atoms with Gasteiger partial charge in [0.2, 0.25) is 0 Å². The van der Waals surface area contributed by atoms with Crippen molar-refractivity contribution < 1.29 is 9.53 Å². The molecule has 0 radical (unpaired) electrons. The lowest BCUT2D eigenvalue weighted by Gasteiger charge is -2.03. The third-order valence-electron chi connectivity index (χ3n) is 3.32. The first kappa shape index (κ1) is 13.7. The Morgan fingerprint density at radius 3 is 2.86 bits per heavy atom. The largest absolute Gasteiger partial charge is 0.497 e. The van der Waals surface area contributed by atoms with E-state index >= 15 is 0 Å². The minimum absolute atomic E-state index is 0.259. The third-order valence-corrected chi connectivity index (χ3v) is 3.32. The van der Waals surface area contributed by atoms with E-state index in [2.05, 4.69) is 10.3 Å². The predicted octanol–water partition coefficient (Wildman–Crippen LogP) is 3.30. The van der Waals surface area contributed by atoms with Gasteiger partial charge in [-0.3, -0.25) is 4.79 Å². The van der Waals surface area contributed by atoms with Crippen LogP contribution in [0.5, 0.6) is 5.75 Å². The number of fused-ring (bicyclic) bond motifs is 1. The number of methoxy groups -OCH3 is 1. The van der Waals surface area contributed by atoms with Gasteiger partial charge in [0.1, 0.15) is 11.4 Å². The molecule has 0 aliphatic carbocycles. The molecule has 3 rings (SSSR count). The highest BCUT2D eigenvalue weighted by atomic mass is 16.5. The molecule has 2 N–H and O–H groups in total. The van der Waals surface area contributed by atoms with Gasteiger partial charge in [-0.1, -0.05) is 6.07 Å². The van der Waals surface area contributed by atoms with Crippen LogP contribution in [0.4, 0.5) is 5.69 Å². The molecule has 108 valence electrons. The van der Waals surface area contributed by atoms with Crippen molar-refractivity contribution in [2.24, 2.45) is 0 Å². The van der Waals surface area contributed by atoms with E-state index in [0.29, 0.717) is 16.9 Å². The Morgan fingerprint density at radius 2 is 2.09 bits per heavy atom. The zero-order valence-electron chi connectivity index (χ0n) is 11.9. The van der Waals surface area contributed by atoms with Gasteiger partial charge in [-0.25, -0.2) is 0 Å². The Kier molecular flexibility index (Phi) is 3.50. The zero-order chi connectivity index (χ0) is 15.5. The lowest BCUT2D eigenvalue weighted by atomic mass is 10.2. The van der Waals surface area contributed by atoms with Crippen LogP contribution in [-0.2, 0) is 0 Å². The molecule has 0 fully saturated rings. The van der Waals surface area contributed by atoms with Crippen molar-refractivity contribution >= 4 is 22.5 Å². The number of H-pyrrole nitrogens is 1. The van der Waals surface area contributed by atoms with E-state index in [1.54, 1.807) is 37.4 Å². The van der Waals surface area contributed by atoms with E-state index in [4.69, 9.17) is 10.00 Å². The van der Waals surface area contributed by atoms with Crippen molar-refractivity contribution in [3.8, 4) is 11.8 Å². The quantitative estimate of drug-likeness (QED) is 0.777. The topological polar surface area (TPSA) is 77.9 Å². The number of benzene rings is 2. The van der Waals surface area contributed by atoms with Gasteiger partial charge >= 0.3 is 0 Å². The molecule has 0 saturated carbocycles. The number of rotatable bonds is 3. The maximum Gasteiger partial charge on any atom is 0.272 e. The molecular weight excluding hydrogens is 278 g/mol. The van der Waals surface area contributed by atoms with Gasteiger partial charge in [-0.15, -0.1) is 0 Å². The number of aromatic amines is 1. The van der Waals surface area contributed by atoms with Crippen molar-refractivity contribution in [2.75, 3.05) is 12.4 Å². The van der Waals surface area contributed by atoms with Gasteiger partial charge in [0.05, 0.1) is 18.7 Å².